The molecule has 3 aromatic rings. The molecule has 0 unspecified atom stereocenters. The van der Waals surface area contributed by atoms with Gasteiger partial charge in [0.1, 0.15) is 5.82 Å². The molecular weight excluding hydrogens is 322 g/mol. The van der Waals surface area contributed by atoms with Crippen LogP contribution in [-0.4, -0.2) is 50.5 Å². The van der Waals surface area contributed by atoms with Gasteiger partial charge in [-0.05, 0) is 28.8 Å². The largest absolute Gasteiger partial charge is 0.337 e. The number of benzene rings is 1. The summed E-state index contributed by atoms with van der Waals surface area (Å²) in [6.07, 6.45) is 7.63. The van der Waals surface area contributed by atoms with Crippen LogP contribution in [0, 0.1) is 0 Å². The van der Waals surface area contributed by atoms with Crippen molar-refractivity contribution in [3.05, 3.63) is 72.6 Å². The van der Waals surface area contributed by atoms with Crippen LogP contribution >= 0.6 is 0 Å². The normalized spacial score (nSPS) is 16.0. The van der Waals surface area contributed by atoms with Gasteiger partial charge in [-0.2, -0.15) is 0 Å². The number of aromatic nitrogens is 3. The Balaban J connectivity index is 1.34. The molecule has 0 spiro atoms. The van der Waals surface area contributed by atoms with Crippen molar-refractivity contribution in [2.75, 3.05) is 26.2 Å². The first-order chi connectivity index (χ1) is 12.8. The minimum absolute atomic E-state index is 0.938. The van der Waals surface area contributed by atoms with Gasteiger partial charge in [0.05, 0.1) is 6.54 Å². The first-order valence-electron chi connectivity index (χ1n) is 9.18. The van der Waals surface area contributed by atoms with Crippen LogP contribution in [0.3, 0.4) is 0 Å². The zero-order valence-corrected chi connectivity index (χ0v) is 15.3. The molecule has 1 aliphatic rings. The van der Waals surface area contributed by atoms with E-state index >= 15 is 0 Å². The molecular formula is C21H25N5. The summed E-state index contributed by atoms with van der Waals surface area (Å²) in [5.41, 5.74) is 3.78. The summed E-state index contributed by atoms with van der Waals surface area (Å²) in [4.78, 5) is 13.7. The molecule has 0 radical (unpaired) electrons. The Morgan fingerprint density at radius 3 is 2.35 bits per heavy atom. The molecule has 26 heavy (non-hydrogen) atoms. The first kappa shape index (κ1) is 16.9. The fourth-order valence-corrected chi connectivity index (χ4v) is 3.50. The van der Waals surface area contributed by atoms with E-state index in [0.717, 1.165) is 45.1 Å². The summed E-state index contributed by atoms with van der Waals surface area (Å²) in [7, 11) is 2.06. The van der Waals surface area contributed by atoms with Crippen molar-refractivity contribution >= 4 is 0 Å². The first-order valence-corrected chi connectivity index (χ1v) is 9.18. The highest BCUT2D eigenvalue weighted by atomic mass is 15.3. The number of imidazole rings is 1. The summed E-state index contributed by atoms with van der Waals surface area (Å²) in [5, 5.41) is 0. The second-order valence-electron chi connectivity index (χ2n) is 6.95. The number of pyridine rings is 1. The van der Waals surface area contributed by atoms with Crippen molar-refractivity contribution in [1.29, 1.82) is 0 Å². The monoisotopic (exact) mass is 347 g/mol. The van der Waals surface area contributed by atoms with Gasteiger partial charge in [0.2, 0.25) is 0 Å². The molecule has 0 N–H and O–H groups in total. The third-order valence-electron chi connectivity index (χ3n) is 5.08. The number of rotatable bonds is 5. The van der Waals surface area contributed by atoms with E-state index in [2.05, 4.69) is 61.7 Å². The molecule has 0 bridgehead atoms. The fourth-order valence-electron chi connectivity index (χ4n) is 3.50. The van der Waals surface area contributed by atoms with Crippen molar-refractivity contribution < 1.29 is 0 Å². The lowest BCUT2D eigenvalue weighted by atomic mass is 10.0. The van der Waals surface area contributed by atoms with Gasteiger partial charge < -0.3 is 4.57 Å². The molecule has 2 aromatic heterocycles. The minimum atomic E-state index is 0.938. The van der Waals surface area contributed by atoms with Crippen LogP contribution in [0.5, 0.6) is 0 Å². The third-order valence-corrected chi connectivity index (χ3v) is 5.08. The molecule has 0 aliphatic carbocycles. The number of nitrogens with zero attached hydrogens (tertiary/aromatic N) is 5. The zero-order valence-electron chi connectivity index (χ0n) is 15.3. The highest BCUT2D eigenvalue weighted by Crippen LogP contribution is 2.20. The van der Waals surface area contributed by atoms with E-state index in [1.54, 1.807) is 0 Å². The molecule has 3 heterocycles. The van der Waals surface area contributed by atoms with Gasteiger partial charge in [-0.15, -0.1) is 0 Å². The van der Waals surface area contributed by atoms with E-state index in [0.29, 0.717) is 0 Å². The van der Waals surface area contributed by atoms with Crippen LogP contribution < -0.4 is 0 Å². The predicted molar refractivity (Wildman–Crippen MR) is 103 cm³/mol. The number of aryl methyl sites for hydroxylation is 1. The van der Waals surface area contributed by atoms with E-state index in [9.17, 15) is 0 Å². The lowest BCUT2D eigenvalue weighted by Crippen LogP contribution is -2.45. The van der Waals surface area contributed by atoms with Gasteiger partial charge in [0, 0.05) is 64.6 Å². The van der Waals surface area contributed by atoms with Crippen LogP contribution in [-0.2, 0) is 20.1 Å². The topological polar surface area (TPSA) is 37.2 Å². The Morgan fingerprint density at radius 2 is 1.65 bits per heavy atom. The maximum atomic E-state index is 4.44. The van der Waals surface area contributed by atoms with Gasteiger partial charge in [-0.1, -0.05) is 24.3 Å². The molecule has 5 heteroatoms. The second kappa shape index (κ2) is 7.81. The fraction of sp³-hybridized carbons (Fsp3) is 0.333. The van der Waals surface area contributed by atoms with Crippen LogP contribution in [0.15, 0.2) is 61.2 Å². The van der Waals surface area contributed by atoms with Crippen molar-refractivity contribution in [2.24, 2.45) is 7.05 Å². The molecule has 4 rings (SSSR count). The summed E-state index contributed by atoms with van der Waals surface area (Å²) in [6.45, 7) is 6.32. The average molecular weight is 347 g/mol. The minimum Gasteiger partial charge on any atom is -0.337 e. The van der Waals surface area contributed by atoms with Crippen LogP contribution in [0.4, 0.5) is 0 Å². The molecule has 5 nitrogen and oxygen atoms in total. The van der Waals surface area contributed by atoms with Crippen LogP contribution in [0.2, 0.25) is 0 Å². The van der Waals surface area contributed by atoms with Gasteiger partial charge in [-0.25, -0.2) is 4.98 Å². The van der Waals surface area contributed by atoms with Gasteiger partial charge in [-0.3, -0.25) is 14.8 Å². The van der Waals surface area contributed by atoms with Gasteiger partial charge in [0.15, 0.2) is 0 Å². The maximum Gasteiger partial charge on any atom is 0.122 e. The Morgan fingerprint density at radius 1 is 0.885 bits per heavy atom. The molecule has 0 atom stereocenters. The highest BCUT2D eigenvalue weighted by Gasteiger charge is 2.18. The second-order valence-corrected chi connectivity index (χ2v) is 6.95. The van der Waals surface area contributed by atoms with Gasteiger partial charge >= 0.3 is 0 Å². The highest BCUT2D eigenvalue weighted by molar-refractivity contribution is 5.62. The summed E-state index contributed by atoms with van der Waals surface area (Å²) in [5.74, 6) is 1.14. The number of hydrogen-bond acceptors (Lipinski definition) is 4. The van der Waals surface area contributed by atoms with Gasteiger partial charge in [0.25, 0.3) is 0 Å². The molecule has 1 saturated heterocycles. The van der Waals surface area contributed by atoms with Crippen LogP contribution in [0.25, 0.3) is 11.1 Å². The predicted octanol–water partition coefficient (Wildman–Crippen LogP) is 2.80. The van der Waals surface area contributed by atoms with E-state index in [-0.39, 0.29) is 0 Å². The third kappa shape index (κ3) is 4.00. The van der Waals surface area contributed by atoms with E-state index in [1.165, 1.54) is 16.7 Å². The number of piperazine rings is 1. The van der Waals surface area contributed by atoms with Crippen molar-refractivity contribution in [3.63, 3.8) is 0 Å². The van der Waals surface area contributed by atoms with E-state index < -0.39 is 0 Å². The Hall–Kier alpha value is -2.50. The van der Waals surface area contributed by atoms with Crippen molar-refractivity contribution in [3.8, 4) is 11.1 Å². The lowest BCUT2D eigenvalue weighted by Gasteiger charge is -2.34. The molecule has 0 saturated carbocycles. The molecule has 1 fully saturated rings. The smallest absolute Gasteiger partial charge is 0.122 e. The Kier molecular flexibility index (Phi) is 5.09. The molecule has 1 aliphatic heterocycles. The SMILES string of the molecule is Cn1ccnc1CN1CCN(Cc2cccc(-c3cccnc3)c2)CC1. The maximum absolute atomic E-state index is 4.44. The Bertz CT molecular complexity index is 834. The molecule has 1 aromatic carbocycles. The quantitative estimate of drug-likeness (QED) is 0.711. The standard InChI is InChI=1S/C21H25N5/c1-24-9-8-23-21(24)17-26-12-10-25(11-13-26)16-18-4-2-5-19(14-18)20-6-3-7-22-15-20/h2-9,14-15H,10-13,16-17H2,1H3. The van der Waals surface area contributed by atoms with E-state index in [4.69, 9.17) is 0 Å². The molecule has 134 valence electrons. The Labute approximate surface area is 154 Å². The number of hydrogen-bond donors (Lipinski definition) is 0. The summed E-state index contributed by atoms with van der Waals surface area (Å²) >= 11 is 0. The molecule has 0 amide bonds. The summed E-state index contributed by atoms with van der Waals surface area (Å²) < 4.78 is 2.11. The average Bonchev–Trinajstić information content (AvgIpc) is 3.09. The van der Waals surface area contributed by atoms with Crippen molar-refractivity contribution in [2.45, 2.75) is 13.1 Å². The van der Waals surface area contributed by atoms with E-state index in [1.807, 2.05) is 30.9 Å². The lowest BCUT2D eigenvalue weighted by molar-refractivity contribution is 0.119. The zero-order chi connectivity index (χ0) is 17.8. The van der Waals surface area contributed by atoms with Crippen LogP contribution in [0.1, 0.15) is 11.4 Å². The van der Waals surface area contributed by atoms with Crippen molar-refractivity contribution in [1.82, 2.24) is 24.3 Å². The summed E-state index contributed by atoms with van der Waals surface area (Å²) in [6, 6.07) is 12.9.